The van der Waals surface area contributed by atoms with Crippen LogP contribution in [0.2, 0.25) is 0 Å². The molecule has 2 aromatic rings. The molecule has 174 valence electrons. The van der Waals surface area contributed by atoms with Crippen LogP contribution in [-0.2, 0) is 9.53 Å². The Kier molecular flexibility index (Phi) is 6.20. The fourth-order valence-electron chi connectivity index (χ4n) is 4.64. The van der Waals surface area contributed by atoms with Gasteiger partial charge < -0.3 is 30.5 Å². The van der Waals surface area contributed by atoms with Crippen molar-refractivity contribution in [1.29, 1.82) is 0 Å². The second kappa shape index (κ2) is 9.41. The Morgan fingerprint density at radius 2 is 1.82 bits per heavy atom. The number of urea groups is 1. The van der Waals surface area contributed by atoms with Gasteiger partial charge in [0.25, 0.3) is 0 Å². The predicted molar refractivity (Wildman–Crippen MR) is 123 cm³/mol. The molecular formula is C25H29N3O5. The van der Waals surface area contributed by atoms with Crippen molar-refractivity contribution in [2.24, 2.45) is 5.92 Å². The van der Waals surface area contributed by atoms with Crippen molar-refractivity contribution in [2.45, 2.75) is 49.9 Å². The molecule has 0 bridgehead atoms. The van der Waals surface area contributed by atoms with Crippen LogP contribution in [0.3, 0.4) is 0 Å². The molecule has 2 heterocycles. The zero-order valence-corrected chi connectivity index (χ0v) is 18.3. The van der Waals surface area contributed by atoms with Crippen molar-refractivity contribution in [3.8, 4) is 5.75 Å². The van der Waals surface area contributed by atoms with E-state index in [1.807, 2.05) is 42.5 Å². The monoisotopic (exact) mass is 451 g/mol. The maximum atomic E-state index is 12.4. The van der Waals surface area contributed by atoms with Crippen LogP contribution in [0, 0.1) is 5.92 Å². The summed E-state index contributed by atoms with van der Waals surface area (Å²) < 4.78 is 12.1. The minimum absolute atomic E-state index is 0.0193. The first-order chi connectivity index (χ1) is 16.1. The standard InChI is InChI=1S/C25H29N3O5/c29-14-22-24-20(11-18(32-22)12-23(30)26-13-15-6-7-15)19-10-17(8-9-21(19)33-24)28-25(31)27-16-4-2-1-3-5-16/h1-5,8-10,15,18,20,22,24,29H,6-7,11-14H2,(H,26,30)(H2,27,28,31)/t18-,20-,22+,24+/m0/s1. The van der Waals surface area contributed by atoms with E-state index < -0.39 is 6.10 Å². The van der Waals surface area contributed by atoms with E-state index in [4.69, 9.17) is 9.47 Å². The van der Waals surface area contributed by atoms with Crippen molar-refractivity contribution in [1.82, 2.24) is 5.32 Å². The van der Waals surface area contributed by atoms with Crippen LogP contribution in [-0.4, -0.2) is 48.5 Å². The van der Waals surface area contributed by atoms with Gasteiger partial charge >= 0.3 is 6.03 Å². The maximum Gasteiger partial charge on any atom is 0.323 e. The SMILES string of the molecule is O=C(C[C@@H]1C[C@H]2c3cc(NC(=O)Nc4ccccc4)ccc3O[C@H]2[C@@H](CO)O1)NCC1CC1. The molecule has 4 atom stereocenters. The predicted octanol–water partition coefficient (Wildman–Crippen LogP) is 3.24. The number of hydrogen-bond acceptors (Lipinski definition) is 5. The molecule has 0 radical (unpaired) electrons. The molecule has 0 spiro atoms. The fraction of sp³-hybridized carbons (Fsp3) is 0.440. The molecule has 2 fully saturated rings. The normalized spacial score (nSPS) is 25.4. The van der Waals surface area contributed by atoms with Crippen LogP contribution in [0.25, 0.3) is 0 Å². The molecule has 1 saturated carbocycles. The van der Waals surface area contributed by atoms with Crippen molar-refractivity contribution in [3.05, 3.63) is 54.1 Å². The lowest BCUT2D eigenvalue weighted by Gasteiger charge is -2.37. The molecule has 0 unspecified atom stereocenters. The number of aliphatic hydroxyl groups is 1. The molecule has 2 aliphatic heterocycles. The lowest BCUT2D eigenvalue weighted by Crippen LogP contribution is -2.47. The average Bonchev–Trinajstić information content (AvgIpc) is 3.58. The lowest BCUT2D eigenvalue weighted by atomic mass is 9.84. The second-order valence-electron chi connectivity index (χ2n) is 9.05. The number of nitrogens with one attached hydrogen (secondary N) is 3. The average molecular weight is 452 g/mol. The Hall–Kier alpha value is -3.10. The first-order valence-corrected chi connectivity index (χ1v) is 11.6. The third-order valence-electron chi connectivity index (χ3n) is 6.49. The molecule has 3 amide bonds. The highest BCUT2D eigenvalue weighted by atomic mass is 16.6. The fourth-order valence-corrected chi connectivity index (χ4v) is 4.64. The van der Waals surface area contributed by atoms with Crippen molar-refractivity contribution in [2.75, 3.05) is 23.8 Å². The van der Waals surface area contributed by atoms with Gasteiger partial charge in [-0.2, -0.15) is 0 Å². The van der Waals surface area contributed by atoms with Crippen LogP contribution < -0.4 is 20.7 Å². The van der Waals surface area contributed by atoms with Crippen molar-refractivity contribution < 1.29 is 24.2 Å². The maximum absolute atomic E-state index is 12.4. The van der Waals surface area contributed by atoms with Crippen molar-refractivity contribution >= 4 is 23.3 Å². The summed E-state index contributed by atoms with van der Waals surface area (Å²) in [6.07, 6.45) is 2.13. The first kappa shape index (κ1) is 21.7. The molecule has 8 heteroatoms. The molecule has 3 aliphatic rings. The summed E-state index contributed by atoms with van der Waals surface area (Å²) in [5.74, 6) is 1.30. The van der Waals surface area contributed by atoms with Crippen LogP contribution in [0.5, 0.6) is 5.75 Å². The Bertz CT molecular complexity index is 1010. The Labute approximate surface area is 192 Å². The molecule has 0 aromatic heterocycles. The lowest BCUT2D eigenvalue weighted by molar-refractivity contribution is -0.142. The number of rotatable bonds is 7. The van der Waals surface area contributed by atoms with Gasteiger partial charge in [-0.05, 0) is 55.5 Å². The number of amides is 3. The molecule has 5 rings (SSSR count). The minimum Gasteiger partial charge on any atom is -0.487 e. The third-order valence-corrected chi connectivity index (χ3v) is 6.49. The molecule has 4 N–H and O–H groups in total. The highest BCUT2D eigenvalue weighted by Crippen LogP contribution is 2.47. The zero-order chi connectivity index (χ0) is 22.8. The summed E-state index contributed by atoms with van der Waals surface area (Å²) >= 11 is 0. The number of aliphatic hydroxyl groups excluding tert-OH is 1. The van der Waals surface area contributed by atoms with E-state index in [-0.39, 0.29) is 43.1 Å². The van der Waals surface area contributed by atoms with E-state index in [2.05, 4.69) is 16.0 Å². The topological polar surface area (TPSA) is 109 Å². The van der Waals surface area contributed by atoms with Crippen LogP contribution in [0.1, 0.15) is 37.2 Å². The molecule has 2 aromatic carbocycles. The number of benzene rings is 2. The summed E-state index contributed by atoms with van der Waals surface area (Å²) in [6, 6.07) is 14.4. The van der Waals surface area contributed by atoms with E-state index in [1.165, 1.54) is 12.8 Å². The first-order valence-electron chi connectivity index (χ1n) is 11.6. The Balaban J connectivity index is 1.25. The number of anilines is 2. The summed E-state index contributed by atoms with van der Waals surface area (Å²) in [7, 11) is 0. The van der Waals surface area contributed by atoms with Gasteiger partial charge in [0.05, 0.1) is 19.1 Å². The Morgan fingerprint density at radius 3 is 2.58 bits per heavy atom. The van der Waals surface area contributed by atoms with Gasteiger partial charge in [-0.25, -0.2) is 4.79 Å². The van der Waals surface area contributed by atoms with E-state index in [0.29, 0.717) is 23.7 Å². The summed E-state index contributed by atoms with van der Waals surface area (Å²) in [4.78, 5) is 24.8. The van der Waals surface area contributed by atoms with Gasteiger partial charge in [0.2, 0.25) is 5.91 Å². The van der Waals surface area contributed by atoms with E-state index in [1.54, 1.807) is 6.07 Å². The van der Waals surface area contributed by atoms with Gasteiger partial charge in [-0.15, -0.1) is 0 Å². The molecule has 1 saturated heterocycles. The van der Waals surface area contributed by atoms with E-state index in [0.717, 1.165) is 17.9 Å². The summed E-state index contributed by atoms with van der Waals surface area (Å²) in [5.41, 5.74) is 2.32. The zero-order valence-electron chi connectivity index (χ0n) is 18.3. The van der Waals surface area contributed by atoms with Crippen molar-refractivity contribution in [3.63, 3.8) is 0 Å². The number of carbonyl (C=O) groups is 2. The quantitative estimate of drug-likeness (QED) is 0.517. The molecular weight excluding hydrogens is 422 g/mol. The highest BCUT2D eigenvalue weighted by Gasteiger charge is 2.46. The van der Waals surface area contributed by atoms with E-state index in [9.17, 15) is 14.7 Å². The van der Waals surface area contributed by atoms with E-state index >= 15 is 0 Å². The summed E-state index contributed by atoms with van der Waals surface area (Å²) in [6.45, 7) is 0.549. The Morgan fingerprint density at radius 1 is 1.03 bits per heavy atom. The van der Waals surface area contributed by atoms with Gasteiger partial charge in [0, 0.05) is 29.4 Å². The second-order valence-corrected chi connectivity index (χ2v) is 9.05. The van der Waals surface area contributed by atoms with Gasteiger partial charge in [0.15, 0.2) is 0 Å². The minimum atomic E-state index is -0.504. The van der Waals surface area contributed by atoms with Gasteiger partial charge in [-0.3, -0.25) is 4.79 Å². The largest absolute Gasteiger partial charge is 0.487 e. The van der Waals surface area contributed by atoms with Gasteiger partial charge in [0.1, 0.15) is 18.0 Å². The summed E-state index contributed by atoms with van der Waals surface area (Å²) in [5, 5.41) is 18.6. The number of ether oxygens (including phenoxy) is 2. The third kappa shape index (κ3) is 5.12. The molecule has 33 heavy (non-hydrogen) atoms. The van der Waals surface area contributed by atoms with Crippen LogP contribution >= 0.6 is 0 Å². The number of hydrogen-bond donors (Lipinski definition) is 4. The van der Waals surface area contributed by atoms with Crippen LogP contribution in [0.4, 0.5) is 16.2 Å². The molecule has 1 aliphatic carbocycles. The molecule has 8 nitrogen and oxygen atoms in total. The number of carbonyl (C=O) groups excluding carboxylic acids is 2. The number of para-hydroxylation sites is 1. The van der Waals surface area contributed by atoms with Gasteiger partial charge in [-0.1, -0.05) is 18.2 Å². The number of fused-ring (bicyclic) bond motifs is 3. The van der Waals surface area contributed by atoms with Crippen LogP contribution in [0.15, 0.2) is 48.5 Å². The highest BCUT2D eigenvalue weighted by molar-refractivity contribution is 5.99. The smallest absolute Gasteiger partial charge is 0.323 e.